The number of nitrogens with zero attached hydrogens (tertiary/aromatic N) is 2. The van der Waals surface area contributed by atoms with E-state index in [4.69, 9.17) is 0 Å². The molecule has 0 aromatic heterocycles. The second kappa shape index (κ2) is 20.1. The highest BCUT2D eigenvalue weighted by atomic mass is 15.2. The molecule has 0 bridgehead atoms. The summed E-state index contributed by atoms with van der Waals surface area (Å²) in [6, 6.07) is 109. The Morgan fingerprint density at radius 3 is 1.13 bits per heavy atom. The lowest BCUT2D eigenvalue weighted by molar-refractivity contribution is 0.767. The summed E-state index contributed by atoms with van der Waals surface area (Å²) in [5.74, 6) is 0. The molecule has 0 saturated carbocycles. The third kappa shape index (κ3) is 8.08. The van der Waals surface area contributed by atoms with Crippen molar-refractivity contribution in [2.45, 2.75) is 33.1 Å². The molecule has 83 heavy (non-hydrogen) atoms. The molecule has 0 heterocycles. The summed E-state index contributed by atoms with van der Waals surface area (Å²) in [6.07, 6.45) is 0. The molecule has 0 spiro atoms. The van der Waals surface area contributed by atoms with Gasteiger partial charge in [-0.1, -0.05) is 242 Å². The maximum Gasteiger partial charge on any atom is 0.0714 e. The Kier molecular flexibility index (Phi) is 12.0. The smallest absolute Gasteiger partial charge is 0.0714 e. The highest BCUT2D eigenvalue weighted by molar-refractivity contribution is 6.29. The second-order valence-electron chi connectivity index (χ2n) is 22.6. The average Bonchev–Trinajstić information content (AvgIpc) is 2.41. The third-order valence-corrected chi connectivity index (χ3v) is 17.6. The average molecular weight is 1060 g/mol. The van der Waals surface area contributed by atoms with Crippen LogP contribution in [0.2, 0.25) is 0 Å². The first-order chi connectivity index (χ1) is 40.8. The Balaban J connectivity index is 0.924. The van der Waals surface area contributed by atoms with E-state index in [2.05, 4.69) is 329 Å². The van der Waals surface area contributed by atoms with Gasteiger partial charge < -0.3 is 9.80 Å². The van der Waals surface area contributed by atoms with E-state index in [0.29, 0.717) is 0 Å². The first kappa shape index (κ1) is 49.7. The largest absolute Gasteiger partial charge is 0.310 e. The van der Waals surface area contributed by atoms with Crippen molar-refractivity contribution in [2.75, 3.05) is 9.80 Å². The molecule has 14 aromatic carbocycles. The van der Waals surface area contributed by atoms with Crippen LogP contribution in [0.4, 0.5) is 34.1 Å². The van der Waals surface area contributed by atoms with E-state index in [0.717, 1.165) is 39.7 Å². The number of para-hydroxylation sites is 2. The molecule has 0 radical (unpaired) electrons. The fourth-order valence-electron chi connectivity index (χ4n) is 14.0. The molecule has 1 aliphatic carbocycles. The molecule has 0 unspecified atom stereocenters. The Hall–Kier alpha value is -10.3. The Bertz CT molecular complexity index is 4760. The van der Waals surface area contributed by atoms with Gasteiger partial charge in [0, 0.05) is 33.5 Å². The molecule has 14 aromatic rings. The molecule has 0 fully saturated rings. The molecule has 394 valence electrons. The Morgan fingerprint density at radius 1 is 0.253 bits per heavy atom. The highest BCUT2D eigenvalue weighted by Crippen LogP contribution is 2.57. The molecule has 0 atom stereocenters. The molecule has 0 amide bonds. The molecular weight excluding hydrogens is 1000 g/mol. The Labute approximate surface area is 486 Å². The van der Waals surface area contributed by atoms with E-state index in [-0.39, 0.29) is 0 Å². The predicted molar refractivity (Wildman–Crippen MR) is 352 cm³/mol. The van der Waals surface area contributed by atoms with Crippen LogP contribution in [0.5, 0.6) is 0 Å². The predicted octanol–water partition coefficient (Wildman–Crippen LogP) is 22.1. The molecule has 0 saturated heterocycles. The van der Waals surface area contributed by atoms with Gasteiger partial charge in [0.05, 0.1) is 16.8 Å². The molecular formula is C81H60N2. The van der Waals surface area contributed by atoms with E-state index in [9.17, 15) is 0 Å². The maximum absolute atomic E-state index is 2.51. The zero-order chi connectivity index (χ0) is 55.8. The van der Waals surface area contributed by atoms with Gasteiger partial charge in [-0.2, -0.15) is 0 Å². The zero-order valence-corrected chi connectivity index (χ0v) is 47.1. The van der Waals surface area contributed by atoms with Gasteiger partial charge in [0.25, 0.3) is 0 Å². The second-order valence-corrected chi connectivity index (χ2v) is 22.6. The summed E-state index contributed by atoms with van der Waals surface area (Å²) in [7, 11) is 0. The van der Waals surface area contributed by atoms with Crippen LogP contribution >= 0.6 is 0 Å². The van der Waals surface area contributed by atoms with Crippen LogP contribution in [-0.2, 0) is 5.41 Å². The summed E-state index contributed by atoms with van der Waals surface area (Å²) in [4.78, 5) is 4.98. The van der Waals surface area contributed by atoms with Crippen LogP contribution < -0.4 is 9.80 Å². The van der Waals surface area contributed by atoms with E-state index in [1.165, 1.54) is 116 Å². The summed E-state index contributed by atoms with van der Waals surface area (Å²) in [6.45, 7) is 8.96. The van der Waals surface area contributed by atoms with Crippen LogP contribution in [0.3, 0.4) is 0 Å². The summed E-state index contributed by atoms with van der Waals surface area (Å²) in [5.41, 5.74) is 25.9. The van der Waals surface area contributed by atoms with Crippen molar-refractivity contribution in [3.8, 4) is 44.5 Å². The number of anilines is 6. The van der Waals surface area contributed by atoms with Gasteiger partial charge in [0.1, 0.15) is 0 Å². The first-order valence-corrected chi connectivity index (χ1v) is 29.0. The van der Waals surface area contributed by atoms with Gasteiger partial charge >= 0.3 is 0 Å². The zero-order valence-electron chi connectivity index (χ0n) is 47.1. The van der Waals surface area contributed by atoms with E-state index >= 15 is 0 Å². The van der Waals surface area contributed by atoms with Crippen molar-refractivity contribution >= 4 is 66.4 Å². The normalized spacial score (nSPS) is 12.4. The minimum Gasteiger partial charge on any atom is -0.310 e. The number of hydrogen-bond donors (Lipinski definition) is 0. The number of fused-ring (bicyclic) bond motifs is 3. The van der Waals surface area contributed by atoms with Crippen LogP contribution in [0.15, 0.2) is 291 Å². The number of aryl methyl sites for hydroxylation is 4. The van der Waals surface area contributed by atoms with E-state index < -0.39 is 5.41 Å². The Morgan fingerprint density at radius 2 is 0.627 bits per heavy atom. The minimum atomic E-state index is -0.551. The number of benzene rings is 14. The lowest BCUT2D eigenvalue weighted by atomic mass is 9.67. The van der Waals surface area contributed by atoms with Crippen molar-refractivity contribution in [2.24, 2.45) is 0 Å². The van der Waals surface area contributed by atoms with Crippen LogP contribution in [0, 0.1) is 27.7 Å². The fourth-order valence-corrected chi connectivity index (χ4v) is 14.0. The van der Waals surface area contributed by atoms with Gasteiger partial charge in [-0.05, 0) is 188 Å². The lowest BCUT2D eigenvalue weighted by Gasteiger charge is -2.35. The van der Waals surface area contributed by atoms with Gasteiger partial charge in [0.2, 0.25) is 0 Å². The number of rotatable bonds is 11. The third-order valence-electron chi connectivity index (χ3n) is 17.6. The monoisotopic (exact) mass is 1060 g/mol. The molecule has 1 aliphatic rings. The van der Waals surface area contributed by atoms with Crippen molar-refractivity contribution < 1.29 is 0 Å². The van der Waals surface area contributed by atoms with Crippen molar-refractivity contribution in [1.82, 2.24) is 0 Å². The quantitative estimate of drug-likeness (QED) is 0.119. The standard InChI is InChI=1S/C81H60N2/c1-53-23-19-25-57(47-53)67-35-11-13-37-69(67)70-38-14-12-36-68(70)58-26-21-33-63(51-58)82(61-29-7-5-8-30-61)77-49-55(3)65-44-46-74-78(50-56(4)66-43-45-73(77)79(65)80(66)74)83(62-31-9-6-10-32-62)64-34-22-28-60(52-64)81(59-27-20-24-54(2)48-59)75-41-17-15-39-71(75)72-40-16-18-42-76(72)81/h5-52H,1-4H3. The van der Waals surface area contributed by atoms with Gasteiger partial charge in [-0.3, -0.25) is 0 Å². The topological polar surface area (TPSA) is 6.48 Å². The van der Waals surface area contributed by atoms with Crippen LogP contribution in [0.25, 0.3) is 76.8 Å². The van der Waals surface area contributed by atoms with Gasteiger partial charge in [-0.15, -0.1) is 0 Å². The molecule has 15 rings (SSSR count). The van der Waals surface area contributed by atoms with Crippen LogP contribution in [0.1, 0.15) is 44.5 Å². The SMILES string of the molecule is Cc1cccc(-c2ccccc2-c2ccccc2-c2cccc(N(c3ccccc3)c3cc(C)c4ccc5c(N(c6ccccc6)c6cccc(C7(c8cccc(C)c8)c8ccccc8-c8ccccc87)c6)cc(C)c6ccc3c4c65)c2)c1. The van der Waals surface area contributed by atoms with E-state index in [1.54, 1.807) is 0 Å². The molecule has 2 heteroatoms. The van der Waals surface area contributed by atoms with Crippen molar-refractivity contribution in [3.63, 3.8) is 0 Å². The summed E-state index contributed by atoms with van der Waals surface area (Å²) < 4.78 is 0. The molecule has 2 nitrogen and oxygen atoms in total. The first-order valence-electron chi connectivity index (χ1n) is 29.0. The van der Waals surface area contributed by atoms with Crippen molar-refractivity contribution in [3.05, 3.63) is 336 Å². The van der Waals surface area contributed by atoms with Gasteiger partial charge in [0.15, 0.2) is 0 Å². The maximum atomic E-state index is 2.51. The van der Waals surface area contributed by atoms with Gasteiger partial charge in [-0.25, -0.2) is 0 Å². The summed E-state index contributed by atoms with van der Waals surface area (Å²) >= 11 is 0. The van der Waals surface area contributed by atoms with E-state index in [1.807, 2.05) is 0 Å². The number of hydrogen-bond acceptors (Lipinski definition) is 2. The highest BCUT2D eigenvalue weighted by Gasteiger charge is 2.46. The lowest BCUT2D eigenvalue weighted by Crippen LogP contribution is -2.29. The molecule has 0 N–H and O–H groups in total. The fraction of sp³-hybridized carbons (Fsp3) is 0.0617. The van der Waals surface area contributed by atoms with Crippen LogP contribution in [-0.4, -0.2) is 0 Å². The minimum absolute atomic E-state index is 0.551. The molecule has 0 aliphatic heterocycles. The summed E-state index contributed by atoms with van der Waals surface area (Å²) in [5, 5.41) is 7.47. The van der Waals surface area contributed by atoms with Crippen molar-refractivity contribution in [1.29, 1.82) is 0 Å².